The number of carbonyl (C=O) groups is 1. The summed E-state index contributed by atoms with van der Waals surface area (Å²) in [5.41, 5.74) is 7.75. The average Bonchev–Trinajstić information content (AvgIpc) is 2.21. The number of carbonyl (C=O) groups excluding carboxylic acids is 1. The Labute approximate surface area is 96.3 Å². The number of benzene rings is 1. The van der Waals surface area contributed by atoms with Crippen LogP contribution in [0, 0.1) is 13.8 Å². The van der Waals surface area contributed by atoms with E-state index < -0.39 is 5.97 Å². The molecule has 0 aliphatic rings. The van der Waals surface area contributed by atoms with E-state index in [1.54, 1.807) is 0 Å². The molecule has 1 rings (SSSR count). The number of rotatable bonds is 5. The predicted molar refractivity (Wildman–Crippen MR) is 60.4 cm³/mol. The van der Waals surface area contributed by atoms with E-state index in [-0.39, 0.29) is 12.5 Å². The molecule has 0 radical (unpaired) electrons. The summed E-state index contributed by atoms with van der Waals surface area (Å²) < 4.78 is 0. The van der Waals surface area contributed by atoms with Crippen LogP contribution in [-0.4, -0.2) is 5.97 Å². The Bertz CT molecular complexity index is 374. The molecule has 3 N–H and O–H groups in total. The van der Waals surface area contributed by atoms with Crippen LogP contribution in [-0.2, 0) is 4.79 Å². The first kappa shape index (κ1) is 12.7. The van der Waals surface area contributed by atoms with Crippen molar-refractivity contribution in [2.24, 2.45) is 0 Å². The maximum absolute atomic E-state index is 10.3. The van der Waals surface area contributed by atoms with Gasteiger partial charge in [-0.05, 0) is 38.3 Å². The van der Waals surface area contributed by atoms with Gasteiger partial charge in [0.2, 0.25) is 0 Å². The van der Waals surface area contributed by atoms with E-state index >= 15 is 0 Å². The molecule has 0 amide bonds. The van der Waals surface area contributed by atoms with E-state index in [4.69, 9.17) is 0 Å². The van der Waals surface area contributed by atoms with Gasteiger partial charge in [-0.15, -0.1) is 0 Å². The van der Waals surface area contributed by atoms with Crippen molar-refractivity contribution in [3.8, 4) is 0 Å². The Morgan fingerprint density at radius 2 is 2.12 bits per heavy atom. The molecule has 3 heteroatoms. The Morgan fingerprint density at radius 3 is 2.75 bits per heavy atom. The number of quaternary nitrogens is 1. The van der Waals surface area contributed by atoms with Crippen molar-refractivity contribution in [3.63, 3.8) is 0 Å². The van der Waals surface area contributed by atoms with Crippen LogP contribution in [0.3, 0.4) is 0 Å². The van der Waals surface area contributed by atoms with E-state index in [0.29, 0.717) is 6.42 Å². The first-order valence-corrected chi connectivity index (χ1v) is 5.61. The van der Waals surface area contributed by atoms with Crippen molar-refractivity contribution >= 4 is 5.97 Å². The molecular formula is C13H19NO2. The lowest BCUT2D eigenvalue weighted by atomic mass is 9.96. The summed E-state index contributed by atoms with van der Waals surface area (Å²) in [6, 6.07) is 6.46. The van der Waals surface area contributed by atoms with Crippen LogP contribution in [0.2, 0.25) is 0 Å². The molecule has 88 valence electrons. The monoisotopic (exact) mass is 221 g/mol. The molecule has 0 aromatic heterocycles. The third kappa shape index (κ3) is 3.66. The molecular weight excluding hydrogens is 202 g/mol. The molecule has 0 spiro atoms. The van der Waals surface area contributed by atoms with Gasteiger partial charge < -0.3 is 15.6 Å². The zero-order chi connectivity index (χ0) is 12.1. The van der Waals surface area contributed by atoms with Crippen molar-refractivity contribution in [2.75, 3.05) is 0 Å². The highest BCUT2D eigenvalue weighted by Crippen LogP contribution is 2.20. The van der Waals surface area contributed by atoms with Crippen molar-refractivity contribution < 1.29 is 15.6 Å². The molecule has 1 atom stereocenters. The standard InChI is InChI=1S/C13H19NO2/c1-9-6-7-10(2)11(8-9)12(14)4-3-5-13(15)16/h6-8,12H,3-5,14H2,1-2H3,(H,15,16)/t12-/m0/s1. The van der Waals surface area contributed by atoms with E-state index in [1.807, 2.05) is 0 Å². The summed E-state index contributed by atoms with van der Waals surface area (Å²) in [7, 11) is 0. The zero-order valence-electron chi connectivity index (χ0n) is 9.95. The Balaban J connectivity index is 2.61. The smallest absolute Gasteiger partial charge is 0.110 e. The summed E-state index contributed by atoms with van der Waals surface area (Å²) in [5, 5.41) is 10.3. The highest BCUT2D eigenvalue weighted by molar-refractivity contribution is 5.64. The molecule has 0 aliphatic heterocycles. The van der Waals surface area contributed by atoms with Gasteiger partial charge in [0.25, 0.3) is 0 Å². The normalized spacial score (nSPS) is 12.4. The van der Waals surface area contributed by atoms with Gasteiger partial charge in [-0.2, -0.15) is 0 Å². The number of carboxylic acid groups (broad SMARTS) is 1. The van der Waals surface area contributed by atoms with Gasteiger partial charge >= 0.3 is 0 Å². The number of hydrogen-bond donors (Lipinski definition) is 1. The Kier molecular flexibility index (Phi) is 4.50. The third-order valence-electron chi connectivity index (χ3n) is 2.81. The minimum Gasteiger partial charge on any atom is -0.550 e. The largest absolute Gasteiger partial charge is 0.550 e. The van der Waals surface area contributed by atoms with E-state index in [9.17, 15) is 9.90 Å². The highest BCUT2D eigenvalue weighted by atomic mass is 16.4. The summed E-state index contributed by atoms with van der Waals surface area (Å²) in [5.74, 6) is -0.979. The molecule has 1 aromatic rings. The second-order valence-electron chi connectivity index (χ2n) is 4.32. The predicted octanol–water partition coefficient (Wildman–Crippen LogP) is 0.507. The number of hydrogen-bond acceptors (Lipinski definition) is 2. The first-order chi connectivity index (χ1) is 7.50. The third-order valence-corrected chi connectivity index (χ3v) is 2.81. The summed E-state index contributed by atoms with van der Waals surface area (Å²) >= 11 is 0. The van der Waals surface area contributed by atoms with Gasteiger partial charge in [0.1, 0.15) is 6.04 Å². The number of carboxylic acids is 1. The van der Waals surface area contributed by atoms with Crippen LogP contribution in [0.1, 0.15) is 42.0 Å². The fourth-order valence-corrected chi connectivity index (χ4v) is 1.85. The molecule has 0 heterocycles. The van der Waals surface area contributed by atoms with Gasteiger partial charge in [0.05, 0.1) is 0 Å². The topological polar surface area (TPSA) is 67.8 Å². The second-order valence-corrected chi connectivity index (χ2v) is 4.32. The van der Waals surface area contributed by atoms with Crippen LogP contribution in [0.15, 0.2) is 18.2 Å². The van der Waals surface area contributed by atoms with Gasteiger partial charge in [-0.3, -0.25) is 0 Å². The number of aliphatic carboxylic acids is 1. The van der Waals surface area contributed by atoms with Crippen molar-refractivity contribution in [1.29, 1.82) is 0 Å². The van der Waals surface area contributed by atoms with Crippen LogP contribution in [0.5, 0.6) is 0 Å². The molecule has 0 aliphatic carbocycles. The quantitative estimate of drug-likeness (QED) is 0.787. The molecule has 16 heavy (non-hydrogen) atoms. The van der Waals surface area contributed by atoms with Crippen molar-refractivity contribution in [1.82, 2.24) is 0 Å². The molecule has 0 saturated carbocycles. The van der Waals surface area contributed by atoms with Gasteiger partial charge in [-0.1, -0.05) is 17.7 Å². The minimum absolute atomic E-state index is 0.122. The second kappa shape index (κ2) is 5.66. The fourth-order valence-electron chi connectivity index (χ4n) is 1.85. The maximum atomic E-state index is 10.3. The Morgan fingerprint density at radius 1 is 1.44 bits per heavy atom. The van der Waals surface area contributed by atoms with Crippen LogP contribution in [0.4, 0.5) is 0 Å². The summed E-state index contributed by atoms with van der Waals surface area (Å²) in [6.45, 7) is 4.11. The first-order valence-electron chi connectivity index (χ1n) is 5.61. The van der Waals surface area contributed by atoms with Gasteiger partial charge in [0, 0.05) is 18.0 Å². The van der Waals surface area contributed by atoms with Gasteiger partial charge in [0.15, 0.2) is 0 Å². The highest BCUT2D eigenvalue weighted by Gasteiger charge is 2.12. The van der Waals surface area contributed by atoms with E-state index in [2.05, 4.69) is 37.8 Å². The zero-order valence-corrected chi connectivity index (χ0v) is 9.95. The molecule has 3 nitrogen and oxygen atoms in total. The van der Waals surface area contributed by atoms with E-state index in [1.165, 1.54) is 16.7 Å². The Hall–Kier alpha value is -1.35. The van der Waals surface area contributed by atoms with E-state index in [0.717, 1.165) is 6.42 Å². The lowest BCUT2D eigenvalue weighted by molar-refractivity contribution is -0.428. The average molecular weight is 221 g/mol. The molecule has 0 unspecified atom stereocenters. The fraction of sp³-hybridized carbons (Fsp3) is 0.462. The molecule has 0 bridgehead atoms. The maximum Gasteiger partial charge on any atom is 0.110 e. The van der Waals surface area contributed by atoms with Gasteiger partial charge in [-0.25, -0.2) is 0 Å². The van der Waals surface area contributed by atoms with Crippen molar-refractivity contribution in [3.05, 3.63) is 34.9 Å². The molecule has 1 aromatic carbocycles. The number of aryl methyl sites for hydroxylation is 2. The SMILES string of the molecule is Cc1ccc(C)c([C@@H]([NH3+])CCCC(=O)[O-])c1. The van der Waals surface area contributed by atoms with Crippen LogP contribution < -0.4 is 10.8 Å². The lowest BCUT2D eigenvalue weighted by Crippen LogP contribution is -2.53. The lowest BCUT2D eigenvalue weighted by Gasteiger charge is -2.12. The summed E-state index contributed by atoms with van der Waals surface area (Å²) in [6.07, 6.45) is 1.54. The molecule has 0 saturated heterocycles. The molecule has 0 fully saturated rings. The van der Waals surface area contributed by atoms with Crippen LogP contribution >= 0.6 is 0 Å². The van der Waals surface area contributed by atoms with Crippen molar-refractivity contribution in [2.45, 2.75) is 39.2 Å². The van der Waals surface area contributed by atoms with Crippen LogP contribution in [0.25, 0.3) is 0 Å². The summed E-state index contributed by atoms with van der Waals surface area (Å²) in [4.78, 5) is 10.3. The minimum atomic E-state index is -0.979.